The summed E-state index contributed by atoms with van der Waals surface area (Å²) in [4.78, 5) is 4.32. The van der Waals surface area contributed by atoms with Gasteiger partial charge in [0.1, 0.15) is 5.75 Å². The van der Waals surface area contributed by atoms with Crippen LogP contribution in [0.2, 0.25) is 0 Å². The Morgan fingerprint density at radius 3 is 2.60 bits per heavy atom. The highest BCUT2D eigenvalue weighted by atomic mass is 16.5. The van der Waals surface area contributed by atoms with Crippen LogP contribution in [0.1, 0.15) is 11.5 Å². The number of nitrogens with zero attached hydrogens (tertiary/aromatic N) is 3. The van der Waals surface area contributed by atoms with Crippen LogP contribution in [0.25, 0.3) is 11.4 Å². The molecule has 7 nitrogen and oxygen atoms in total. The van der Waals surface area contributed by atoms with Crippen LogP contribution < -0.4 is 14.2 Å². The highest BCUT2D eigenvalue weighted by Crippen LogP contribution is 2.29. The third kappa shape index (κ3) is 3.53. The van der Waals surface area contributed by atoms with Crippen molar-refractivity contribution in [3.63, 3.8) is 0 Å². The van der Waals surface area contributed by atoms with Gasteiger partial charge in [-0.25, -0.2) is 0 Å². The molecular weight excluding hydrogens is 322 g/mol. The van der Waals surface area contributed by atoms with E-state index < -0.39 is 0 Å². The molecule has 3 aromatic rings. The number of hydrogen-bond acceptors (Lipinski definition) is 7. The third-order valence-corrected chi connectivity index (χ3v) is 3.46. The van der Waals surface area contributed by atoms with Crippen LogP contribution in [0.4, 0.5) is 0 Å². The first-order valence-electron chi connectivity index (χ1n) is 7.42. The number of aromatic nitrogens is 2. The van der Waals surface area contributed by atoms with Gasteiger partial charge in [0, 0.05) is 6.07 Å². The van der Waals surface area contributed by atoms with Gasteiger partial charge in [-0.15, -0.1) is 0 Å². The maximum Gasteiger partial charge on any atom is 0.264 e. The van der Waals surface area contributed by atoms with Crippen molar-refractivity contribution in [1.29, 1.82) is 5.26 Å². The first kappa shape index (κ1) is 16.3. The van der Waals surface area contributed by atoms with Crippen LogP contribution in [0.15, 0.2) is 47.0 Å². The largest absolute Gasteiger partial charge is 0.496 e. The molecule has 7 heteroatoms. The van der Waals surface area contributed by atoms with E-state index >= 15 is 0 Å². The standard InChI is InChI=1S/C18H15N3O4/c1-22-14-6-4-3-5-13(14)18-20-17(25-21-18)11-24-15-8-7-12(10-19)9-16(15)23-2/h3-9H,11H2,1-2H3. The minimum Gasteiger partial charge on any atom is -0.496 e. The number of nitriles is 1. The molecule has 0 amide bonds. The molecule has 0 bridgehead atoms. The smallest absolute Gasteiger partial charge is 0.264 e. The van der Waals surface area contributed by atoms with Gasteiger partial charge < -0.3 is 18.7 Å². The predicted molar refractivity (Wildman–Crippen MR) is 88.3 cm³/mol. The lowest BCUT2D eigenvalue weighted by Crippen LogP contribution is -1.98. The van der Waals surface area contributed by atoms with Crippen LogP contribution in [-0.2, 0) is 6.61 Å². The molecule has 0 aliphatic rings. The maximum atomic E-state index is 8.92. The quantitative estimate of drug-likeness (QED) is 0.682. The van der Waals surface area contributed by atoms with Gasteiger partial charge in [-0.3, -0.25) is 0 Å². The van der Waals surface area contributed by atoms with E-state index in [2.05, 4.69) is 10.1 Å². The van der Waals surface area contributed by atoms with E-state index in [-0.39, 0.29) is 6.61 Å². The second kappa shape index (κ2) is 7.36. The molecule has 0 fully saturated rings. The molecule has 3 rings (SSSR count). The fraction of sp³-hybridized carbons (Fsp3) is 0.167. The third-order valence-electron chi connectivity index (χ3n) is 3.46. The SMILES string of the molecule is COc1cc(C#N)ccc1OCc1nc(-c2ccccc2OC)no1. The molecule has 1 aromatic heterocycles. The van der Waals surface area contributed by atoms with Gasteiger partial charge in [0.15, 0.2) is 18.1 Å². The lowest BCUT2D eigenvalue weighted by molar-refractivity contribution is 0.233. The number of hydrogen-bond donors (Lipinski definition) is 0. The van der Waals surface area contributed by atoms with Gasteiger partial charge in [0.2, 0.25) is 5.82 Å². The van der Waals surface area contributed by atoms with Gasteiger partial charge in [-0.1, -0.05) is 17.3 Å². The van der Waals surface area contributed by atoms with E-state index in [0.717, 1.165) is 5.56 Å². The summed E-state index contributed by atoms with van der Waals surface area (Å²) in [5.41, 5.74) is 1.22. The van der Waals surface area contributed by atoms with Crippen LogP contribution in [-0.4, -0.2) is 24.4 Å². The molecular formula is C18H15N3O4. The van der Waals surface area contributed by atoms with E-state index in [1.807, 2.05) is 30.3 Å². The predicted octanol–water partition coefficient (Wildman–Crippen LogP) is 3.20. The van der Waals surface area contributed by atoms with Crippen molar-refractivity contribution in [3.05, 3.63) is 53.9 Å². The molecule has 25 heavy (non-hydrogen) atoms. The Kier molecular flexibility index (Phi) is 4.81. The van der Waals surface area contributed by atoms with Crippen molar-refractivity contribution in [2.24, 2.45) is 0 Å². The molecule has 0 aliphatic heterocycles. The average molecular weight is 337 g/mol. The zero-order valence-corrected chi connectivity index (χ0v) is 13.7. The maximum absolute atomic E-state index is 8.92. The van der Waals surface area contributed by atoms with Gasteiger partial charge >= 0.3 is 0 Å². The zero-order valence-electron chi connectivity index (χ0n) is 13.7. The topological polar surface area (TPSA) is 90.4 Å². The van der Waals surface area contributed by atoms with Crippen molar-refractivity contribution in [3.8, 4) is 34.7 Å². The number of rotatable bonds is 6. The summed E-state index contributed by atoms with van der Waals surface area (Å²) in [7, 11) is 3.09. The van der Waals surface area contributed by atoms with Gasteiger partial charge in [-0.2, -0.15) is 10.2 Å². The molecule has 0 radical (unpaired) electrons. The molecule has 0 saturated heterocycles. The number of para-hydroxylation sites is 1. The summed E-state index contributed by atoms with van der Waals surface area (Å²) in [5.74, 6) is 2.33. The van der Waals surface area contributed by atoms with E-state index in [1.165, 1.54) is 7.11 Å². The zero-order chi connectivity index (χ0) is 17.6. The lowest BCUT2D eigenvalue weighted by Gasteiger charge is -2.08. The Bertz CT molecular complexity index is 915. The summed E-state index contributed by atoms with van der Waals surface area (Å²) in [6.45, 7) is 0.0738. The van der Waals surface area contributed by atoms with Crippen LogP contribution in [0, 0.1) is 11.3 Å². The van der Waals surface area contributed by atoms with E-state index in [1.54, 1.807) is 25.3 Å². The van der Waals surface area contributed by atoms with Crippen molar-refractivity contribution >= 4 is 0 Å². The molecule has 126 valence electrons. The number of benzene rings is 2. The summed E-state index contributed by atoms with van der Waals surface area (Å²) < 4.78 is 21.4. The lowest BCUT2D eigenvalue weighted by atomic mass is 10.2. The van der Waals surface area contributed by atoms with E-state index in [9.17, 15) is 0 Å². The first-order chi connectivity index (χ1) is 12.2. The van der Waals surface area contributed by atoms with Gasteiger partial charge in [0.05, 0.1) is 31.4 Å². The molecule has 0 atom stereocenters. The van der Waals surface area contributed by atoms with Crippen molar-refractivity contribution < 1.29 is 18.7 Å². The summed E-state index contributed by atoms with van der Waals surface area (Å²) in [6, 6.07) is 14.4. The van der Waals surface area contributed by atoms with Crippen molar-refractivity contribution in [2.45, 2.75) is 6.61 Å². The first-order valence-corrected chi connectivity index (χ1v) is 7.42. The summed E-state index contributed by atoms with van der Waals surface area (Å²) in [5, 5.41) is 12.9. The van der Waals surface area contributed by atoms with Crippen molar-refractivity contribution in [1.82, 2.24) is 10.1 Å². The Balaban J connectivity index is 1.76. The van der Waals surface area contributed by atoms with E-state index in [0.29, 0.717) is 34.5 Å². The summed E-state index contributed by atoms with van der Waals surface area (Å²) in [6.07, 6.45) is 0. The second-order valence-electron chi connectivity index (χ2n) is 4.98. The van der Waals surface area contributed by atoms with Crippen LogP contribution in [0.5, 0.6) is 17.2 Å². The number of methoxy groups -OCH3 is 2. The number of ether oxygens (including phenoxy) is 3. The van der Waals surface area contributed by atoms with Crippen LogP contribution >= 0.6 is 0 Å². The highest BCUT2D eigenvalue weighted by Gasteiger charge is 2.14. The Morgan fingerprint density at radius 2 is 1.84 bits per heavy atom. The van der Waals surface area contributed by atoms with Crippen LogP contribution in [0.3, 0.4) is 0 Å². The van der Waals surface area contributed by atoms with Crippen molar-refractivity contribution in [2.75, 3.05) is 14.2 Å². The fourth-order valence-corrected chi connectivity index (χ4v) is 2.25. The van der Waals surface area contributed by atoms with Gasteiger partial charge in [-0.05, 0) is 24.3 Å². The van der Waals surface area contributed by atoms with E-state index in [4.69, 9.17) is 24.0 Å². The Morgan fingerprint density at radius 1 is 1.04 bits per heavy atom. The molecule has 0 N–H and O–H groups in total. The fourth-order valence-electron chi connectivity index (χ4n) is 2.25. The summed E-state index contributed by atoms with van der Waals surface area (Å²) >= 11 is 0. The van der Waals surface area contributed by atoms with Gasteiger partial charge in [0.25, 0.3) is 5.89 Å². The molecule has 0 unspecified atom stereocenters. The molecule has 0 aliphatic carbocycles. The monoisotopic (exact) mass is 337 g/mol. The molecule has 1 heterocycles. The molecule has 0 saturated carbocycles. The highest BCUT2D eigenvalue weighted by molar-refractivity contribution is 5.63. The average Bonchev–Trinajstić information content (AvgIpc) is 3.15. The molecule has 0 spiro atoms. The Hall–Kier alpha value is -3.53. The minimum absolute atomic E-state index is 0.0738. The minimum atomic E-state index is 0.0738. The normalized spacial score (nSPS) is 10.1. The molecule has 2 aromatic carbocycles. The Labute approximate surface area is 144 Å². The second-order valence-corrected chi connectivity index (χ2v) is 4.98.